The fourth-order valence-electron chi connectivity index (χ4n) is 3.07. The Bertz CT molecular complexity index is 926. The Labute approximate surface area is 148 Å². The molecule has 1 aliphatic carbocycles. The van der Waals surface area contributed by atoms with E-state index in [1.54, 1.807) is 0 Å². The lowest BCUT2D eigenvalue weighted by atomic mass is 9.95. The van der Waals surface area contributed by atoms with E-state index in [-0.39, 0.29) is 11.6 Å². The summed E-state index contributed by atoms with van der Waals surface area (Å²) in [5, 5.41) is 14.1. The van der Waals surface area contributed by atoms with Crippen molar-refractivity contribution in [2.45, 2.75) is 38.1 Å². The molecular weight excluding hydrogens is 338 g/mol. The predicted octanol–water partition coefficient (Wildman–Crippen LogP) is 0.906. The van der Waals surface area contributed by atoms with Crippen LogP contribution in [0.2, 0.25) is 0 Å². The number of nitrogens with zero attached hydrogens (tertiary/aromatic N) is 3. The van der Waals surface area contributed by atoms with Crippen LogP contribution >= 0.6 is 0 Å². The van der Waals surface area contributed by atoms with Crippen LogP contribution in [0.5, 0.6) is 5.88 Å². The van der Waals surface area contributed by atoms with Crippen molar-refractivity contribution >= 4 is 12.1 Å². The largest absolute Gasteiger partial charge is 0.494 e. The molecule has 0 spiro atoms. The number of aromatic hydroxyl groups is 1. The zero-order chi connectivity index (χ0) is 18.5. The first kappa shape index (κ1) is 17.6. The smallest absolute Gasteiger partial charge is 0.331 e. The van der Waals surface area contributed by atoms with Gasteiger partial charge in [0, 0.05) is 24.0 Å². The SMILES string of the molecule is O=C(N/N=C\c1c(O)n(C2CCCCC2)c(=O)[nH]c1=O)c1ccncc1. The van der Waals surface area contributed by atoms with Gasteiger partial charge in [0.2, 0.25) is 5.88 Å². The third-order valence-electron chi connectivity index (χ3n) is 4.40. The number of H-pyrrole nitrogens is 1. The number of rotatable bonds is 4. The van der Waals surface area contributed by atoms with Crippen molar-refractivity contribution in [1.82, 2.24) is 20.0 Å². The van der Waals surface area contributed by atoms with E-state index < -0.39 is 23.0 Å². The van der Waals surface area contributed by atoms with Gasteiger partial charge >= 0.3 is 5.69 Å². The molecule has 0 bridgehead atoms. The lowest BCUT2D eigenvalue weighted by Crippen LogP contribution is -2.35. The van der Waals surface area contributed by atoms with E-state index >= 15 is 0 Å². The molecule has 2 aromatic heterocycles. The molecule has 136 valence electrons. The number of carbonyl (C=O) groups is 1. The van der Waals surface area contributed by atoms with Gasteiger partial charge in [0.25, 0.3) is 11.5 Å². The molecule has 0 aromatic carbocycles. The first-order valence-corrected chi connectivity index (χ1v) is 8.39. The van der Waals surface area contributed by atoms with E-state index in [4.69, 9.17) is 0 Å². The number of aromatic amines is 1. The number of aromatic nitrogens is 3. The van der Waals surface area contributed by atoms with Gasteiger partial charge in [-0.25, -0.2) is 10.2 Å². The molecule has 2 aromatic rings. The maximum Gasteiger partial charge on any atom is 0.331 e. The van der Waals surface area contributed by atoms with Gasteiger partial charge in [-0.3, -0.25) is 24.1 Å². The third-order valence-corrected chi connectivity index (χ3v) is 4.40. The summed E-state index contributed by atoms with van der Waals surface area (Å²) in [5.74, 6) is -0.923. The number of carbonyl (C=O) groups excluding carboxylic acids is 1. The molecule has 1 saturated carbocycles. The van der Waals surface area contributed by atoms with Crippen LogP contribution in [0.4, 0.5) is 0 Å². The monoisotopic (exact) mass is 357 g/mol. The van der Waals surface area contributed by atoms with Crippen LogP contribution in [0.3, 0.4) is 0 Å². The van der Waals surface area contributed by atoms with Crippen LogP contribution in [0.1, 0.15) is 54.1 Å². The number of hydrogen-bond donors (Lipinski definition) is 3. The molecule has 0 atom stereocenters. The lowest BCUT2D eigenvalue weighted by molar-refractivity contribution is 0.0955. The van der Waals surface area contributed by atoms with Gasteiger partial charge in [-0.15, -0.1) is 0 Å². The molecule has 0 aliphatic heterocycles. The molecule has 0 unspecified atom stereocenters. The third kappa shape index (κ3) is 3.71. The highest BCUT2D eigenvalue weighted by Gasteiger charge is 2.22. The maximum absolute atomic E-state index is 12.1. The maximum atomic E-state index is 12.1. The fraction of sp³-hybridized carbons (Fsp3) is 0.353. The standard InChI is InChI=1S/C17H19N5O4/c23-14(11-6-8-18-9-7-11)21-19-10-13-15(24)20-17(26)22(16(13)25)12-4-2-1-3-5-12/h6-10,12,25H,1-5H2,(H,21,23)(H,20,24,26)/b19-10-. The first-order valence-electron chi connectivity index (χ1n) is 8.39. The molecule has 0 saturated heterocycles. The topological polar surface area (TPSA) is 129 Å². The lowest BCUT2D eigenvalue weighted by Gasteiger charge is -2.24. The molecule has 9 nitrogen and oxygen atoms in total. The highest BCUT2D eigenvalue weighted by molar-refractivity contribution is 5.94. The Morgan fingerprint density at radius 2 is 1.96 bits per heavy atom. The van der Waals surface area contributed by atoms with E-state index in [2.05, 4.69) is 20.5 Å². The van der Waals surface area contributed by atoms with Gasteiger partial charge in [0.15, 0.2) is 0 Å². The van der Waals surface area contributed by atoms with Crippen LogP contribution < -0.4 is 16.7 Å². The van der Waals surface area contributed by atoms with E-state index in [9.17, 15) is 19.5 Å². The van der Waals surface area contributed by atoms with Gasteiger partial charge in [-0.1, -0.05) is 19.3 Å². The van der Waals surface area contributed by atoms with E-state index in [1.807, 2.05) is 0 Å². The van der Waals surface area contributed by atoms with Crippen LogP contribution in [0.25, 0.3) is 0 Å². The Kier molecular flexibility index (Phi) is 5.26. The second kappa shape index (κ2) is 7.77. The minimum absolute atomic E-state index is 0.161. The Morgan fingerprint density at radius 1 is 1.27 bits per heavy atom. The van der Waals surface area contributed by atoms with Gasteiger partial charge in [0.05, 0.1) is 6.21 Å². The van der Waals surface area contributed by atoms with Crippen molar-refractivity contribution in [3.63, 3.8) is 0 Å². The van der Waals surface area contributed by atoms with E-state index in [0.29, 0.717) is 5.56 Å². The summed E-state index contributed by atoms with van der Waals surface area (Å²) < 4.78 is 1.20. The molecule has 9 heteroatoms. The highest BCUT2D eigenvalue weighted by Crippen LogP contribution is 2.29. The van der Waals surface area contributed by atoms with Crippen molar-refractivity contribution in [3.05, 3.63) is 56.5 Å². The predicted molar refractivity (Wildman–Crippen MR) is 94.4 cm³/mol. The number of hydrogen-bond acceptors (Lipinski definition) is 6. The van der Waals surface area contributed by atoms with E-state index in [0.717, 1.165) is 38.3 Å². The van der Waals surface area contributed by atoms with Crippen molar-refractivity contribution in [3.8, 4) is 5.88 Å². The molecule has 0 radical (unpaired) electrons. The summed E-state index contributed by atoms with van der Waals surface area (Å²) in [7, 11) is 0. The van der Waals surface area contributed by atoms with Crippen LogP contribution in [-0.4, -0.2) is 31.8 Å². The highest BCUT2D eigenvalue weighted by atomic mass is 16.3. The number of pyridine rings is 1. The molecular formula is C17H19N5O4. The summed E-state index contributed by atoms with van der Waals surface area (Å²) in [6, 6.07) is 2.86. The number of amides is 1. The summed E-state index contributed by atoms with van der Waals surface area (Å²) in [6.45, 7) is 0. The minimum atomic E-state index is -0.763. The second-order valence-corrected chi connectivity index (χ2v) is 6.09. The minimum Gasteiger partial charge on any atom is -0.494 e. The van der Waals surface area contributed by atoms with Gasteiger partial charge in [-0.05, 0) is 25.0 Å². The number of nitrogens with one attached hydrogen (secondary N) is 2. The average molecular weight is 357 g/mol. The first-order chi connectivity index (χ1) is 12.6. The Hall–Kier alpha value is -3.23. The summed E-state index contributed by atoms with van der Waals surface area (Å²) in [6.07, 6.45) is 8.49. The molecule has 2 heterocycles. The fourth-order valence-corrected chi connectivity index (χ4v) is 3.07. The van der Waals surface area contributed by atoms with Crippen molar-refractivity contribution in [2.75, 3.05) is 0 Å². The van der Waals surface area contributed by atoms with Crippen LogP contribution in [-0.2, 0) is 0 Å². The summed E-state index contributed by atoms with van der Waals surface area (Å²) in [5.41, 5.74) is 1.04. The van der Waals surface area contributed by atoms with E-state index in [1.165, 1.54) is 29.1 Å². The van der Waals surface area contributed by atoms with Gasteiger partial charge < -0.3 is 5.11 Å². The quantitative estimate of drug-likeness (QED) is 0.553. The second-order valence-electron chi connectivity index (χ2n) is 6.09. The molecule has 1 aliphatic rings. The normalized spacial score (nSPS) is 15.2. The molecule has 26 heavy (non-hydrogen) atoms. The van der Waals surface area contributed by atoms with Crippen LogP contribution in [0, 0.1) is 0 Å². The molecule has 3 N–H and O–H groups in total. The molecule has 3 rings (SSSR count). The van der Waals surface area contributed by atoms with Crippen LogP contribution in [0.15, 0.2) is 39.2 Å². The Balaban J connectivity index is 1.84. The average Bonchev–Trinajstić information content (AvgIpc) is 2.65. The molecule has 1 amide bonds. The van der Waals surface area contributed by atoms with Gasteiger partial charge in [0.1, 0.15) is 5.56 Å². The zero-order valence-electron chi connectivity index (χ0n) is 14.0. The molecule has 1 fully saturated rings. The zero-order valence-corrected chi connectivity index (χ0v) is 14.0. The Morgan fingerprint density at radius 3 is 2.65 bits per heavy atom. The van der Waals surface area contributed by atoms with Crippen molar-refractivity contribution < 1.29 is 9.90 Å². The van der Waals surface area contributed by atoms with Crippen molar-refractivity contribution in [1.29, 1.82) is 0 Å². The number of hydrazone groups is 1. The van der Waals surface area contributed by atoms with Crippen molar-refractivity contribution in [2.24, 2.45) is 5.10 Å². The van der Waals surface area contributed by atoms with Gasteiger partial charge in [-0.2, -0.15) is 5.10 Å². The summed E-state index contributed by atoms with van der Waals surface area (Å²) in [4.78, 5) is 42.0. The summed E-state index contributed by atoms with van der Waals surface area (Å²) >= 11 is 0.